The molecule has 5 nitrogen and oxygen atoms in total. The van der Waals surface area contributed by atoms with Crippen molar-refractivity contribution in [1.29, 1.82) is 0 Å². The Hall–Kier alpha value is -2.24. The number of ether oxygens (including phenoxy) is 1. The van der Waals surface area contributed by atoms with Gasteiger partial charge in [0.15, 0.2) is 0 Å². The predicted molar refractivity (Wildman–Crippen MR) is 111 cm³/mol. The Morgan fingerprint density at radius 2 is 1.89 bits per heavy atom. The van der Waals surface area contributed by atoms with Crippen molar-refractivity contribution in [2.75, 3.05) is 49.5 Å². The summed E-state index contributed by atoms with van der Waals surface area (Å²) in [5.74, 6) is 0.705. The third kappa shape index (κ3) is 6.15. The lowest BCUT2D eigenvalue weighted by Gasteiger charge is -2.36. The summed E-state index contributed by atoms with van der Waals surface area (Å²) in [5, 5.41) is 3.55. The number of anilines is 2. The third-order valence-electron chi connectivity index (χ3n) is 4.59. The highest BCUT2D eigenvalue weighted by Crippen LogP contribution is 2.21. The largest absolute Gasteiger partial charge is 0.493 e. The number of nitrogens with zero attached hydrogens (tertiary/aromatic N) is 2. The Labute approximate surface area is 165 Å². The number of amides is 1. The van der Waals surface area contributed by atoms with Crippen LogP contribution in [-0.2, 0) is 4.79 Å². The molecular weight excluding hydrogens is 362 g/mol. The van der Waals surface area contributed by atoms with Crippen molar-refractivity contribution < 1.29 is 9.53 Å². The van der Waals surface area contributed by atoms with Gasteiger partial charge in [-0.3, -0.25) is 9.69 Å². The number of rotatable bonds is 7. The first-order chi connectivity index (χ1) is 13.1. The average molecular weight is 388 g/mol. The van der Waals surface area contributed by atoms with Crippen LogP contribution in [0.25, 0.3) is 0 Å². The molecule has 0 spiro atoms. The van der Waals surface area contributed by atoms with Crippen LogP contribution in [0.2, 0.25) is 5.02 Å². The van der Waals surface area contributed by atoms with Gasteiger partial charge in [-0.25, -0.2) is 0 Å². The number of halogens is 1. The van der Waals surface area contributed by atoms with Gasteiger partial charge in [-0.15, -0.1) is 0 Å². The molecule has 0 bridgehead atoms. The van der Waals surface area contributed by atoms with E-state index >= 15 is 0 Å². The molecule has 1 amide bonds. The quantitative estimate of drug-likeness (QED) is 0.732. The average Bonchev–Trinajstić information content (AvgIpc) is 2.65. The van der Waals surface area contributed by atoms with Gasteiger partial charge >= 0.3 is 0 Å². The molecule has 0 saturated carbocycles. The normalized spacial score (nSPS) is 14.8. The maximum Gasteiger partial charge on any atom is 0.221 e. The molecule has 144 valence electrons. The molecule has 0 unspecified atom stereocenters. The van der Waals surface area contributed by atoms with Crippen LogP contribution in [0.15, 0.2) is 48.5 Å². The zero-order chi connectivity index (χ0) is 19.1. The van der Waals surface area contributed by atoms with E-state index in [0.717, 1.165) is 55.6 Å². The van der Waals surface area contributed by atoms with Crippen molar-refractivity contribution in [3.8, 4) is 5.75 Å². The summed E-state index contributed by atoms with van der Waals surface area (Å²) in [6, 6.07) is 15.6. The van der Waals surface area contributed by atoms with Crippen LogP contribution in [0.3, 0.4) is 0 Å². The number of hydrogen-bond donors (Lipinski definition) is 1. The Morgan fingerprint density at radius 3 is 2.63 bits per heavy atom. The molecule has 6 heteroatoms. The van der Waals surface area contributed by atoms with Crippen molar-refractivity contribution in [3.05, 3.63) is 53.6 Å². The molecule has 1 fully saturated rings. The van der Waals surface area contributed by atoms with E-state index in [4.69, 9.17) is 16.3 Å². The van der Waals surface area contributed by atoms with Crippen LogP contribution in [-0.4, -0.2) is 50.1 Å². The summed E-state index contributed by atoms with van der Waals surface area (Å²) in [6.45, 7) is 7.31. The highest BCUT2D eigenvalue weighted by Gasteiger charge is 2.16. The second-order valence-corrected chi connectivity index (χ2v) is 7.16. The van der Waals surface area contributed by atoms with Crippen LogP contribution < -0.4 is 15.0 Å². The Morgan fingerprint density at radius 1 is 1.11 bits per heavy atom. The maximum absolute atomic E-state index is 11.1. The third-order valence-corrected chi connectivity index (χ3v) is 4.82. The number of hydrogen-bond acceptors (Lipinski definition) is 4. The van der Waals surface area contributed by atoms with Gasteiger partial charge in [-0.1, -0.05) is 23.7 Å². The van der Waals surface area contributed by atoms with E-state index in [1.807, 2.05) is 42.5 Å². The first kappa shape index (κ1) is 19.5. The molecule has 1 aliphatic rings. The summed E-state index contributed by atoms with van der Waals surface area (Å²) in [6.07, 6.45) is 0.974. The number of carbonyl (C=O) groups excluding carboxylic acids is 1. The molecule has 2 aromatic rings. The van der Waals surface area contributed by atoms with Crippen LogP contribution >= 0.6 is 11.6 Å². The van der Waals surface area contributed by atoms with E-state index in [-0.39, 0.29) is 5.91 Å². The Kier molecular flexibility index (Phi) is 6.96. The first-order valence-electron chi connectivity index (χ1n) is 9.33. The van der Waals surface area contributed by atoms with E-state index < -0.39 is 0 Å². The van der Waals surface area contributed by atoms with Crippen LogP contribution in [0.1, 0.15) is 13.3 Å². The monoisotopic (exact) mass is 387 g/mol. The summed E-state index contributed by atoms with van der Waals surface area (Å²) in [5.41, 5.74) is 1.96. The molecule has 0 aromatic heterocycles. The summed E-state index contributed by atoms with van der Waals surface area (Å²) in [4.78, 5) is 16.0. The Bertz CT molecular complexity index is 761. The minimum Gasteiger partial charge on any atom is -0.493 e. The van der Waals surface area contributed by atoms with Crippen molar-refractivity contribution >= 4 is 28.9 Å². The second kappa shape index (κ2) is 9.62. The molecule has 1 N–H and O–H groups in total. The van der Waals surface area contributed by atoms with E-state index in [1.165, 1.54) is 12.6 Å². The van der Waals surface area contributed by atoms with Crippen molar-refractivity contribution in [2.24, 2.45) is 0 Å². The van der Waals surface area contributed by atoms with Gasteiger partial charge in [0.2, 0.25) is 5.91 Å². The highest BCUT2D eigenvalue weighted by molar-refractivity contribution is 6.30. The van der Waals surface area contributed by atoms with Crippen LogP contribution in [0.5, 0.6) is 5.75 Å². The fourth-order valence-corrected chi connectivity index (χ4v) is 3.43. The molecule has 2 aromatic carbocycles. The SMILES string of the molecule is CC(=O)Nc1cccc(OCCCN2CCN(c3cccc(Cl)c3)CC2)c1. The van der Waals surface area contributed by atoms with Crippen molar-refractivity contribution in [1.82, 2.24) is 4.90 Å². The molecule has 3 rings (SSSR count). The zero-order valence-corrected chi connectivity index (χ0v) is 16.4. The minimum atomic E-state index is -0.0796. The highest BCUT2D eigenvalue weighted by atomic mass is 35.5. The maximum atomic E-state index is 11.1. The van der Waals surface area contributed by atoms with Gasteiger partial charge in [0, 0.05) is 62.1 Å². The van der Waals surface area contributed by atoms with Gasteiger partial charge in [-0.2, -0.15) is 0 Å². The summed E-state index contributed by atoms with van der Waals surface area (Å²) < 4.78 is 5.82. The lowest BCUT2D eigenvalue weighted by atomic mass is 10.2. The fourth-order valence-electron chi connectivity index (χ4n) is 3.25. The van der Waals surface area contributed by atoms with E-state index in [1.54, 1.807) is 0 Å². The molecule has 1 heterocycles. The molecule has 1 saturated heterocycles. The number of piperazine rings is 1. The van der Waals surface area contributed by atoms with Gasteiger partial charge < -0.3 is 15.0 Å². The van der Waals surface area contributed by atoms with Crippen molar-refractivity contribution in [2.45, 2.75) is 13.3 Å². The molecule has 27 heavy (non-hydrogen) atoms. The topological polar surface area (TPSA) is 44.8 Å². The summed E-state index contributed by atoms with van der Waals surface area (Å²) in [7, 11) is 0. The molecule has 1 aliphatic heterocycles. The zero-order valence-electron chi connectivity index (χ0n) is 15.7. The lowest BCUT2D eigenvalue weighted by molar-refractivity contribution is -0.114. The van der Waals surface area contributed by atoms with E-state index in [0.29, 0.717) is 6.61 Å². The van der Waals surface area contributed by atoms with Gasteiger partial charge in [0.05, 0.1) is 6.61 Å². The van der Waals surface area contributed by atoms with E-state index in [9.17, 15) is 4.79 Å². The number of carbonyl (C=O) groups is 1. The number of benzene rings is 2. The van der Waals surface area contributed by atoms with Gasteiger partial charge in [0.1, 0.15) is 5.75 Å². The summed E-state index contributed by atoms with van der Waals surface area (Å²) >= 11 is 6.09. The van der Waals surface area contributed by atoms with Crippen LogP contribution in [0.4, 0.5) is 11.4 Å². The minimum absolute atomic E-state index is 0.0796. The smallest absolute Gasteiger partial charge is 0.221 e. The Balaban J connectivity index is 1.36. The van der Waals surface area contributed by atoms with E-state index in [2.05, 4.69) is 21.2 Å². The lowest BCUT2D eigenvalue weighted by Crippen LogP contribution is -2.46. The molecule has 0 atom stereocenters. The van der Waals surface area contributed by atoms with Crippen molar-refractivity contribution in [3.63, 3.8) is 0 Å². The van der Waals surface area contributed by atoms with Crippen LogP contribution in [0, 0.1) is 0 Å². The second-order valence-electron chi connectivity index (χ2n) is 6.72. The predicted octanol–water partition coefficient (Wildman–Crippen LogP) is 3.89. The molecular formula is C21H26ClN3O2. The molecule has 0 aliphatic carbocycles. The standard InChI is InChI=1S/C21H26ClN3O2/c1-17(26)23-19-6-3-8-21(16-19)27-14-4-9-24-10-12-25(13-11-24)20-7-2-5-18(22)15-20/h2-3,5-8,15-16H,4,9-14H2,1H3,(H,23,26). The van der Waals surface area contributed by atoms with Gasteiger partial charge in [-0.05, 0) is 36.8 Å². The number of nitrogens with one attached hydrogen (secondary N) is 1. The fraction of sp³-hybridized carbons (Fsp3) is 0.381. The molecule has 0 radical (unpaired) electrons. The van der Waals surface area contributed by atoms with Gasteiger partial charge in [0.25, 0.3) is 0 Å². The first-order valence-corrected chi connectivity index (χ1v) is 9.71.